The Morgan fingerprint density at radius 2 is 1.45 bits per heavy atom. The molecule has 0 spiro atoms. The molecule has 2 N–H and O–H groups in total. The van der Waals surface area contributed by atoms with Crippen LogP contribution in [0, 0.1) is 0 Å². The molecule has 20 heavy (non-hydrogen) atoms. The molecule has 0 radical (unpaired) electrons. The Kier molecular flexibility index (Phi) is 5.78. The molecule has 0 aliphatic rings. The molecule has 2 aromatic rings. The fourth-order valence-electron chi connectivity index (χ4n) is 2.46. The summed E-state index contributed by atoms with van der Waals surface area (Å²) < 4.78 is 0. The summed E-state index contributed by atoms with van der Waals surface area (Å²) in [7, 11) is 0. The predicted octanol–water partition coefficient (Wildman–Crippen LogP) is 3.08. The van der Waals surface area contributed by atoms with Crippen LogP contribution in [0.25, 0.3) is 0 Å². The van der Waals surface area contributed by atoms with Gasteiger partial charge in [-0.3, -0.25) is 4.90 Å². The third-order valence-corrected chi connectivity index (χ3v) is 3.53. The predicted molar refractivity (Wildman–Crippen MR) is 85.5 cm³/mol. The first-order valence-corrected chi connectivity index (χ1v) is 7.33. The summed E-state index contributed by atoms with van der Waals surface area (Å²) in [5, 5.41) is 0. The third-order valence-electron chi connectivity index (χ3n) is 3.53. The molecule has 0 saturated carbocycles. The molecule has 0 aliphatic heterocycles. The Morgan fingerprint density at radius 3 is 2.00 bits per heavy atom. The molecule has 1 atom stereocenters. The molecule has 0 heterocycles. The second-order valence-electron chi connectivity index (χ2n) is 5.26. The zero-order valence-electron chi connectivity index (χ0n) is 12.2. The Hall–Kier alpha value is -1.64. The van der Waals surface area contributed by atoms with Crippen molar-refractivity contribution in [2.75, 3.05) is 13.1 Å². The van der Waals surface area contributed by atoms with Gasteiger partial charge in [0.2, 0.25) is 0 Å². The fraction of sp³-hybridized carbons (Fsp3) is 0.333. The van der Waals surface area contributed by atoms with E-state index >= 15 is 0 Å². The molecule has 0 saturated heterocycles. The van der Waals surface area contributed by atoms with Crippen molar-refractivity contribution < 1.29 is 0 Å². The van der Waals surface area contributed by atoms with Crippen LogP contribution in [-0.4, -0.2) is 24.0 Å². The molecule has 0 aromatic heterocycles. The zero-order valence-corrected chi connectivity index (χ0v) is 12.2. The number of rotatable bonds is 7. The minimum Gasteiger partial charge on any atom is -0.326 e. The standard InChI is InChI=1S/C18H24N2/c1-2-20(14-17-11-7-4-8-12-17)15-18(19)13-16-9-5-3-6-10-16/h3-12,18H,2,13-15,19H2,1H3/t18-/m0/s1. The van der Waals surface area contributed by atoms with Gasteiger partial charge >= 0.3 is 0 Å². The largest absolute Gasteiger partial charge is 0.326 e. The molecule has 2 rings (SSSR count). The highest BCUT2D eigenvalue weighted by Crippen LogP contribution is 2.07. The Morgan fingerprint density at radius 1 is 0.900 bits per heavy atom. The molecule has 0 amide bonds. The third kappa shape index (κ3) is 4.80. The maximum atomic E-state index is 6.29. The molecule has 2 heteroatoms. The molecule has 0 fully saturated rings. The highest BCUT2D eigenvalue weighted by atomic mass is 15.1. The average molecular weight is 268 g/mol. The highest BCUT2D eigenvalue weighted by Gasteiger charge is 2.10. The van der Waals surface area contributed by atoms with E-state index < -0.39 is 0 Å². The monoisotopic (exact) mass is 268 g/mol. The summed E-state index contributed by atoms with van der Waals surface area (Å²) >= 11 is 0. The molecule has 0 bridgehead atoms. The Balaban J connectivity index is 1.86. The smallest absolute Gasteiger partial charge is 0.0234 e. The second-order valence-corrected chi connectivity index (χ2v) is 5.26. The summed E-state index contributed by atoms with van der Waals surface area (Å²) in [4.78, 5) is 2.41. The molecule has 2 aromatic carbocycles. The SMILES string of the molecule is CCN(Cc1ccccc1)C[C@@H](N)Cc1ccccc1. The van der Waals surface area contributed by atoms with Gasteiger partial charge in [-0.05, 0) is 24.1 Å². The lowest BCUT2D eigenvalue weighted by Crippen LogP contribution is -2.38. The second kappa shape index (κ2) is 7.83. The van der Waals surface area contributed by atoms with Crippen LogP contribution < -0.4 is 5.73 Å². The van der Waals surface area contributed by atoms with E-state index in [0.717, 1.165) is 26.1 Å². The summed E-state index contributed by atoms with van der Waals surface area (Å²) in [5.74, 6) is 0. The molecular formula is C18H24N2. The topological polar surface area (TPSA) is 29.3 Å². The van der Waals surface area contributed by atoms with Gasteiger partial charge in [-0.25, -0.2) is 0 Å². The van der Waals surface area contributed by atoms with Crippen molar-refractivity contribution in [2.24, 2.45) is 5.73 Å². The van der Waals surface area contributed by atoms with Crippen molar-refractivity contribution in [3.8, 4) is 0 Å². The van der Waals surface area contributed by atoms with E-state index in [-0.39, 0.29) is 6.04 Å². The number of hydrogen-bond acceptors (Lipinski definition) is 2. The van der Waals surface area contributed by atoms with Gasteiger partial charge in [0.05, 0.1) is 0 Å². The minimum absolute atomic E-state index is 0.182. The van der Waals surface area contributed by atoms with E-state index in [0.29, 0.717) is 0 Å². The quantitative estimate of drug-likeness (QED) is 0.836. The van der Waals surface area contributed by atoms with Crippen LogP contribution in [-0.2, 0) is 13.0 Å². The molecule has 106 valence electrons. The van der Waals surface area contributed by atoms with Crippen LogP contribution in [0.3, 0.4) is 0 Å². The fourth-order valence-corrected chi connectivity index (χ4v) is 2.46. The lowest BCUT2D eigenvalue weighted by atomic mass is 10.1. The number of nitrogens with two attached hydrogens (primary N) is 1. The summed E-state index contributed by atoms with van der Waals surface area (Å²) in [6, 6.07) is 21.2. The van der Waals surface area contributed by atoms with Crippen LogP contribution in [0.4, 0.5) is 0 Å². The number of benzene rings is 2. The van der Waals surface area contributed by atoms with Crippen molar-refractivity contribution in [3.63, 3.8) is 0 Å². The van der Waals surface area contributed by atoms with Gasteiger partial charge in [0, 0.05) is 19.1 Å². The van der Waals surface area contributed by atoms with Gasteiger partial charge < -0.3 is 5.73 Å². The summed E-state index contributed by atoms with van der Waals surface area (Å²) in [6.07, 6.45) is 0.937. The van der Waals surface area contributed by atoms with Crippen molar-refractivity contribution in [3.05, 3.63) is 71.8 Å². The van der Waals surface area contributed by atoms with Crippen LogP contribution in [0.15, 0.2) is 60.7 Å². The zero-order chi connectivity index (χ0) is 14.2. The van der Waals surface area contributed by atoms with Crippen molar-refractivity contribution >= 4 is 0 Å². The van der Waals surface area contributed by atoms with Gasteiger partial charge in [0.15, 0.2) is 0 Å². The minimum atomic E-state index is 0.182. The molecule has 0 aliphatic carbocycles. The summed E-state index contributed by atoms with van der Waals surface area (Å²) in [6.45, 7) is 5.12. The van der Waals surface area contributed by atoms with Crippen molar-refractivity contribution in [2.45, 2.75) is 25.9 Å². The molecule has 0 unspecified atom stereocenters. The Bertz CT molecular complexity index is 481. The van der Waals surface area contributed by atoms with Gasteiger partial charge in [-0.15, -0.1) is 0 Å². The number of hydrogen-bond donors (Lipinski definition) is 1. The van der Waals surface area contributed by atoms with Gasteiger partial charge in [-0.1, -0.05) is 67.6 Å². The maximum Gasteiger partial charge on any atom is 0.0234 e. The van der Waals surface area contributed by atoms with Crippen molar-refractivity contribution in [1.29, 1.82) is 0 Å². The van der Waals surface area contributed by atoms with E-state index in [1.54, 1.807) is 0 Å². The summed E-state index contributed by atoms with van der Waals surface area (Å²) in [5.41, 5.74) is 8.96. The normalized spacial score (nSPS) is 12.6. The van der Waals surface area contributed by atoms with E-state index in [2.05, 4.69) is 66.4 Å². The van der Waals surface area contributed by atoms with Crippen LogP contribution in [0.1, 0.15) is 18.1 Å². The first-order valence-electron chi connectivity index (χ1n) is 7.33. The molecule has 2 nitrogen and oxygen atoms in total. The lowest BCUT2D eigenvalue weighted by molar-refractivity contribution is 0.260. The maximum absolute atomic E-state index is 6.29. The van der Waals surface area contributed by atoms with E-state index in [4.69, 9.17) is 5.73 Å². The van der Waals surface area contributed by atoms with Crippen molar-refractivity contribution in [1.82, 2.24) is 4.90 Å². The first kappa shape index (κ1) is 14.8. The van der Waals surface area contributed by atoms with Crippen LogP contribution >= 0.6 is 0 Å². The first-order chi connectivity index (χ1) is 9.78. The van der Waals surface area contributed by atoms with Gasteiger partial charge in [0.1, 0.15) is 0 Å². The Labute approximate surface area is 122 Å². The molecular weight excluding hydrogens is 244 g/mol. The lowest BCUT2D eigenvalue weighted by Gasteiger charge is -2.24. The van der Waals surface area contributed by atoms with E-state index in [1.165, 1.54) is 11.1 Å². The van der Waals surface area contributed by atoms with E-state index in [9.17, 15) is 0 Å². The van der Waals surface area contributed by atoms with Crippen LogP contribution in [0.2, 0.25) is 0 Å². The average Bonchev–Trinajstić information content (AvgIpc) is 2.48. The van der Waals surface area contributed by atoms with E-state index in [1.807, 2.05) is 6.07 Å². The number of nitrogens with zero attached hydrogens (tertiary/aromatic N) is 1. The highest BCUT2D eigenvalue weighted by molar-refractivity contribution is 5.16. The van der Waals surface area contributed by atoms with Crippen LogP contribution in [0.5, 0.6) is 0 Å². The number of likely N-dealkylation sites (N-methyl/N-ethyl adjacent to an activating group) is 1. The van der Waals surface area contributed by atoms with Gasteiger partial charge in [0.25, 0.3) is 0 Å². The van der Waals surface area contributed by atoms with Gasteiger partial charge in [-0.2, -0.15) is 0 Å².